The lowest BCUT2D eigenvalue weighted by atomic mass is 10.3. The molecule has 1 heterocycles. The Labute approximate surface area is 111 Å². The van der Waals surface area contributed by atoms with Gasteiger partial charge in [-0.05, 0) is 7.05 Å². The number of hydrogen-bond acceptors (Lipinski definition) is 6. The van der Waals surface area contributed by atoms with Crippen LogP contribution in [0.1, 0.15) is 0 Å². The summed E-state index contributed by atoms with van der Waals surface area (Å²) in [7, 11) is 3.19. The van der Waals surface area contributed by atoms with Crippen LogP contribution in [0.15, 0.2) is 12.2 Å². The van der Waals surface area contributed by atoms with Crippen molar-refractivity contribution in [1.29, 1.82) is 0 Å². The van der Waals surface area contributed by atoms with Gasteiger partial charge in [0.05, 0.1) is 7.11 Å². The van der Waals surface area contributed by atoms with Crippen molar-refractivity contribution >= 4 is 17.8 Å². The molecule has 1 amide bonds. The molecule has 1 aliphatic heterocycles. The van der Waals surface area contributed by atoms with E-state index >= 15 is 0 Å². The van der Waals surface area contributed by atoms with E-state index < -0.39 is 11.9 Å². The van der Waals surface area contributed by atoms with Gasteiger partial charge in [0.15, 0.2) is 6.61 Å². The summed E-state index contributed by atoms with van der Waals surface area (Å²) in [6.07, 6.45) is 1.88. The molecule has 106 valence electrons. The number of esters is 2. The molecule has 0 aromatic rings. The monoisotopic (exact) mass is 270 g/mol. The molecule has 1 rings (SSSR count). The maximum absolute atomic E-state index is 11.7. The molecule has 7 heteroatoms. The van der Waals surface area contributed by atoms with E-state index in [1.54, 1.807) is 4.90 Å². The predicted molar refractivity (Wildman–Crippen MR) is 66.2 cm³/mol. The Morgan fingerprint density at radius 3 is 2.21 bits per heavy atom. The molecule has 0 aromatic heterocycles. The van der Waals surface area contributed by atoms with Crippen molar-refractivity contribution in [2.45, 2.75) is 0 Å². The second-order valence-corrected chi connectivity index (χ2v) is 4.15. The van der Waals surface area contributed by atoms with Crippen LogP contribution in [0.2, 0.25) is 0 Å². The number of ether oxygens (including phenoxy) is 2. The summed E-state index contributed by atoms with van der Waals surface area (Å²) in [6, 6.07) is 0. The molecule has 0 aliphatic carbocycles. The average Bonchev–Trinajstić information content (AvgIpc) is 2.42. The Hall–Kier alpha value is -1.89. The minimum absolute atomic E-state index is 0.229. The van der Waals surface area contributed by atoms with Gasteiger partial charge in [-0.1, -0.05) is 0 Å². The fraction of sp³-hybridized carbons (Fsp3) is 0.583. The van der Waals surface area contributed by atoms with E-state index in [1.165, 1.54) is 7.11 Å². The number of hydrogen-bond donors (Lipinski definition) is 0. The number of piperazine rings is 1. The number of nitrogens with zero attached hydrogens (tertiary/aromatic N) is 2. The molecular formula is C12H18N2O5. The van der Waals surface area contributed by atoms with Gasteiger partial charge < -0.3 is 19.3 Å². The highest BCUT2D eigenvalue weighted by molar-refractivity contribution is 5.92. The first kappa shape index (κ1) is 15.2. The summed E-state index contributed by atoms with van der Waals surface area (Å²) in [5.74, 6) is -1.62. The average molecular weight is 270 g/mol. The van der Waals surface area contributed by atoms with Gasteiger partial charge in [0.1, 0.15) is 0 Å². The molecule has 0 saturated carbocycles. The number of rotatable bonds is 4. The summed E-state index contributed by atoms with van der Waals surface area (Å²) in [5.41, 5.74) is 0. The normalized spacial score (nSPS) is 16.4. The van der Waals surface area contributed by atoms with Crippen LogP contribution in [0.5, 0.6) is 0 Å². The summed E-state index contributed by atoms with van der Waals surface area (Å²) >= 11 is 0. The van der Waals surface area contributed by atoms with Crippen molar-refractivity contribution in [3.05, 3.63) is 12.2 Å². The molecule has 0 aromatic carbocycles. The lowest BCUT2D eigenvalue weighted by Gasteiger charge is -2.32. The zero-order valence-corrected chi connectivity index (χ0v) is 11.1. The molecule has 1 aliphatic rings. The minimum Gasteiger partial charge on any atom is -0.466 e. The first-order chi connectivity index (χ1) is 9.02. The van der Waals surface area contributed by atoms with E-state index in [-0.39, 0.29) is 12.5 Å². The SMILES string of the molecule is COC(=O)C=CC(=O)OCC(=O)N1CCN(C)CC1. The number of amides is 1. The second kappa shape index (κ2) is 7.52. The molecule has 1 fully saturated rings. The van der Waals surface area contributed by atoms with Crippen LogP contribution in [0.3, 0.4) is 0 Å². The highest BCUT2D eigenvalue weighted by atomic mass is 16.5. The molecule has 0 unspecified atom stereocenters. The maximum Gasteiger partial charge on any atom is 0.331 e. The standard InChI is InChI=1S/C12H18N2O5/c1-13-5-7-14(8-6-13)10(15)9-19-12(17)4-3-11(16)18-2/h3-4H,5-9H2,1-2H3. The summed E-state index contributed by atoms with van der Waals surface area (Å²) in [5, 5.41) is 0. The van der Waals surface area contributed by atoms with Crippen molar-refractivity contribution < 1.29 is 23.9 Å². The molecule has 19 heavy (non-hydrogen) atoms. The Bertz CT molecular complexity index is 372. The van der Waals surface area contributed by atoms with Gasteiger partial charge in [-0.2, -0.15) is 0 Å². The minimum atomic E-state index is -0.743. The molecule has 0 spiro atoms. The second-order valence-electron chi connectivity index (χ2n) is 4.15. The van der Waals surface area contributed by atoms with Gasteiger partial charge in [0.2, 0.25) is 0 Å². The topological polar surface area (TPSA) is 76.2 Å². The van der Waals surface area contributed by atoms with E-state index in [4.69, 9.17) is 4.74 Å². The van der Waals surface area contributed by atoms with Crippen molar-refractivity contribution in [3.8, 4) is 0 Å². The summed E-state index contributed by atoms with van der Waals surface area (Å²) < 4.78 is 9.06. The van der Waals surface area contributed by atoms with E-state index in [0.29, 0.717) is 13.1 Å². The lowest BCUT2D eigenvalue weighted by Crippen LogP contribution is -2.48. The molecule has 1 saturated heterocycles. The van der Waals surface area contributed by atoms with Gasteiger partial charge in [-0.15, -0.1) is 0 Å². The Morgan fingerprint density at radius 1 is 1.05 bits per heavy atom. The van der Waals surface area contributed by atoms with Crippen LogP contribution in [0, 0.1) is 0 Å². The quantitative estimate of drug-likeness (QED) is 0.483. The first-order valence-corrected chi connectivity index (χ1v) is 5.92. The van der Waals surface area contributed by atoms with Gasteiger partial charge in [-0.25, -0.2) is 9.59 Å². The van der Waals surface area contributed by atoms with Crippen molar-refractivity contribution in [3.63, 3.8) is 0 Å². The van der Waals surface area contributed by atoms with Crippen LogP contribution >= 0.6 is 0 Å². The fourth-order valence-electron chi connectivity index (χ4n) is 1.53. The van der Waals surface area contributed by atoms with E-state index in [9.17, 15) is 14.4 Å². The van der Waals surface area contributed by atoms with Crippen LogP contribution in [0.4, 0.5) is 0 Å². The van der Waals surface area contributed by atoms with E-state index in [2.05, 4.69) is 9.64 Å². The molecule has 0 bridgehead atoms. The van der Waals surface area contributed by atoms with Crippen molar-refractivity contribution in [2.75, 3.05) is 46.9 Å². The largest absolute Gasteiger partial charge is 0.466 e. The third-order valence-electron chi connectivity index (χ3n) is 2.75. The number of methoxy groups -OCH3 is 1. The molecule has 0 radical (unpaired) electrons. The highest BCUT2D eigenvalue weighted by Gasteiger charge is 2.19. The third kappa shape index (κ3) is 5.52. The van der Waals surface area contributed by atoms with Gasteiger partial charge in [0, 0.05) is 38.3 Å². The Morgan fingerprint density at radius 2 is 1.63 bits per heavy atom. The lowest BCUT2D eigenvalue weighted by molar-refractivity contribution is -0.149. The van der Waals surface area contributed by atoms with E-state index in [0.717, 1.165) is 25.2 Å². The Kier molecular flexibility index (Phi) is 6.01. The summed E-state index contributed by atoms with van der Waals surface area (Å²) in [6.45, 7) is 2.56. The van der Waals surface area contributed by atoms with Crippen LogP contribution in [-0.4, -0.2) is 74.6 Å². The maximum atomic E-state index is 11.7. The number of carbonyl (C=O) groups is 3. The molecule has 7 nitrogen and oxygen atoms in total. The zero-order chi connectivity index (χ0) is 14.3. The van der Waals surface area contributed by atoms with Gasteiger partial charge >= 0.3 is 11.9 Å². The van der Waals surface area contributed by atoms with Crippen LogP contribution in [-0.2, 0) is 23.9 Å². The van der Waals surface area contributed by atoms with Crippen molar-refractivity contribution in [1.82, 2.24) is 9.80 Å². The number of carbonyl (C=O) groups excluding carboxylic acids is 3. The molecule has 0 atom stereocenters. The van der Waals surface area contributed by atoms with Crippen molar-refractivity contribution in [2.24, 2.45) is 0 Å². The molecular weight excluding hydrogens is 252 g/mol. The number of likely N-dealkylation sites (N-methyl/N-ethyl adjacent to an activating group) is 1. The van der Waals surface area contributed by atoms with E-state index in [1.807, 2.05) is 7.05 Å². The predicted octanol–water partition coefficient (Wildman–Crippen LogP) is -0.967. The third-order valence-corrected chi connectivity index (χ3v) is 2.75. The first-order valence-electron chi connectivity index (χ1n) is 5.92. The van der Waals surface area contributed by atoms with Gasteiger partial charge in [-0.3, -0.25) is 4.79 Å². The zero-order valence-electron chi connectivity index (χ0n) is 11.1. The highest BCUT2D eigenvalue weighted by Crippen LogP contribution is 2.00. The van der Waals surface area contributed by atoms with Gasteiger partial charge in [0.25, 0.3) is 5.91 Å². The summed E-state index contributed by atoms with van der Waals surface area (Å²) in [4.78, 5) is 37.4. The smallest absolute Gasteiger partial charge is 0.331 e. The fourth-order valence-corrected chi connectivity index (χ4v) is 1.53. The Balaban J connectivity index is 2.28. The molecule has 0 N–H and O–H groups in total. The van der Waals surface area contributed by atoms with Crippen LogP contribution < -0.4 is 0 Å². The van der Waals surface area contributed by atoms with Crippen LogP contribution in [0.25, 0.3) is 0 Å².